The predicted octanol–water partition coefficient (Wildman–Crippen LogP) is 3.71. The van der Waals surface area contributed by atoms with Gasteiger partial charge in [-0.15, -0.1) is 0 Å². The number of hydrogen-bond acceptors (Lipinski definition) is 8. The Kier molecular flexibility index (Phi) is 8.11. The van der Waals surface area contributed by atoms with Gasteiger partial charge in [0.2, 0.25) is 10.0 Å². The van der Waals surface area contributed by atoms with Gasteiger partial charge in [-0.05, 0) is 44.2 Å². The molecule has 236 valence electrons. The fourth-order valence-corrected chi connectivity index (χ4v) is 7.60. The van der Waals surface area contributed by atoms with Gasteiger partial charge in [-0.25, -0.2) is 17.2 Å². The van der Waals surface area contributed by atoms with Crippen molar-refractivity contribution in [3.05, 3.63) is 64.9 Å². The van der Waals surface area contributed by atoms with E-state index in [2.05, 4.69) is 25.7 Å². The van der Waals surface area contributed by atoms with E-state index in [0.29, 0.717) is 47.5 Å². The van der Waals surface area contributed by atoms with E-state index in [1.165, 1.54) is 0 Å². The van der Waals surface area contributed by atoms with Crippen LogP contribution in [0.25, 0.3) is 0 Å². The highest BCUT2D eigenvalue weighted by Gasteiger charge is 2.41. The molecule has 3 aliphatic rings. The topological polar surface area (TPSA) is 129 Å². The van der Waals surface area contributed by atoms with Crippen molar-refractivity contribution in [3.8, 4) is 5.75 Å². The van der Waals surface area contributed by atoms with Crippen LogP contribution in [0.2, 0.25) is 0 Å². The van der Waals surface area contributed by atoms with Crippen molar-refractivity contribution in [2.24, 2.45) is 0 Å². The first-order chi connectivity index (χ1) is 20.9. The van der Waals surface area contributed by atoms with Crippen molar-refractivity contribution >= 4 is 27.4 Å². The molecule has 6 rings (SSSR count). The van der Waals surface area contributed by atoms with E-state index in [0.717, 1.165) is 42.4 Å². The fourth-order valence-electron chi connectivity index (χ4n) is 5.99. The molecular formula is C30H36F2N6O5S. The Morgan fingerprint density at radius 3 is 2.50 bits per heavy atom. The van der Waals surface area contributed by atoms with Crippen LogP contribution in [0.15, 0.2) is 41.3 Å². The second-order valence-electron chi connectivity index (χ2n) is 12.3. The first kappa shape index (κ1) is 30.4. The van der Waals surface area contributed by atoms with E-state index < -0.39 is 37.9 Å². The average Bonchev–Trinajstić information content (AvgIpc) is 3.35. The maximum Gasteiger partial charge on any atom is 0.258 e. The summed E-state index contributed by atoms with van der Waals surface area (Å²) in [6.45, 7) is 6.45. The van der Waals surface area contributed by atoms with E-state index in [9.17, 15) is 22.0 Å². The Morgan fingerprint density at radius 2 is 1.82 bits per heavy atom. The lowest BCUT2D eigenvalue weighted by Crippen LogP contribution is -2.51. The SMILES string of the molecule is CN1CC(Oc2ccc(C(=O)Nc3n[nH]c4c3CN(S(=O)(=O)c3cc(F)cc(F)c3)CC4(C)C)c(NC3CCOCC3)c2)C1. The van der Waals surface area contributed by atoms with E-state index in [-0.39, 0.29) is 31.1 Å². The quantitative estimate of drug-likeness (QED) is 0.344. The van der Waals surface area contributed by atoms with Crippen molar-refractivity contribution in [2.75, 3.05) is 50.5 Å². The fraction of sp³-hybridized carbons (Fsp3) is 0.467. The Labute approximate surface area is 254 Å². The third kappa shape index (κ3) is 6.16. The second kappa shape index (κ2) is 11.7. The number of nitrogens with one attached hydrogen (secondary N) is 3. The summed E-state index contributed by atoms with van der Waals surface area (Å²) in [5.74, 6) is -1.58. The number of nitrogens with zero attached hydrogens (tertiary/aromatic N) is 3. The summed E-state index contributed by atoms with van der Waals surface area (Å²) < 4.78 is 67.6. The van der Waals surface area contributed by atoms with E-state index in [4.69, 9.17) is 9.47 Å². The normalized spacial score (nSPS) is 19.7. The molecule has 44 heavy (non-hydrogen) atoms. The number of aromatic amines is 1. The number of fused-ring (bicyclic) bond motifs is 1. The van der Waals surface area contributed by atoms with Gasteiger partial charge in [0.1, 0.15) is 23.5 Å². The van der Waals surface area contributed by atoms with Gasteiger partial charge in [0.25, 0.3) is 5.91 Å². The van der Waals surface area contributed by atoms with Crippen LogP contribution in [0, 0.1) is 11.6 Å². The summed E-state index contributed by atoms with van der Waals surface area (Å²) in [5.41, 5.74) is 1.39. The summed E-state index contributed by atoms with van der Waals surface area (Å²) in [6.07, 6.45) is 1.67. The first-order valence-electron chi connectivity index (χ1n) is 14.6. The Morgan fingerprint density at radius 1 is 1.11 bits per heavy atom. The average molecular weight is 631 g/mol. The molecule has 1 aromatic heterocycles. The number of sulfonamides is 1. The number of ether oxygens (including phenoxy) is 2. The molecule has 14 heteroatoms. The molecule has 2 fully saturated rings. The van der Waals surface area contributed by atoms with Crippen molar-refractivity contribution in [1.29, 1.82) is 0 Å². The number of likely N-dealkylation sites (tertiary alicyclic amines) is 1. The number of amides is 1. The van der Waals surface area contributed by atoms with E-state index >= 15 is 0 Å². The summed E-state index contributed by atoms with van der Waals surface area (Å²) in [6, 6.07) is 7.62. The molecule has 0 radical (unpaired) electrons. The molecule has 0 bridgehead atoms. The zero-order valence-corrected chi connectivity index (χ0v) is 25.6. The Balaban J connectivity index is 1.27. The van der Waals surface area contributed by atoms with Gasteiger partial charge in [0.15, 0.2) is 5.82 Å². The number of benzene rings is 2. The maximum absolute atomic E-state index is 13.9. The minimum atomic E-state index is -4.27. The maximum atomic E-state index is 13.9. The molecule has 0 aliphatic carbocycles. The molecule has 3 N–H and O–H groups in total. The van der Waals surface area contributed by atoms with E-state index in [1.54, 1.807) is 12.1 Å². The van der Waals surface area contributed by atoms with Crippen LogP contribution in [0.5, 0.6) is 5.75 Å². The number of carbonyl (C=O) groups excluding carboxylic acids is 1. The molecule has 0 spiro atoms. The van der Waals surface area contributed by atoms with Crippen molar-refractivity contribution in [2.45, 2.75) is 55.7 Å². The third-order valence-corrected chi connectivity index (χ3v) is 10.1. The molecule has 2 aromatic carbocycles. The summed E-state index contributed by atoms with van der Waals surface area (Å²) >= 11 is 0. The number of rotatable bonds is 8. The number of halogens is 2. The van der Waals surface area contributed by atoms with Gasteiger partial charge in [0, 0.05) is 74.2 Å². The number of carbonyl (C=O) groups is 1. The zero-order valence-electron chi connectivity index (χ0n) is 24.8. The zero-order chi connectivity index (χ0) is 31.2. The molecule has 0 saturated carbocycles. The summed E-state index contributed by atoms with van der Waals surface area (Å²) in [5, 5.41) is 13.7. The Bertz CT molecular complexity index is 1650. The standard InChI is InChI=1S/C30H36F2N6O5S/c1-30(2)17-38(44(40,41)23-11-18(31)10-19(32)12-23)16-25-27(30)35-36-28(25)34-29(39)24-5-4-21(43-22-14-37(3)15-22)13-26(24)33-20-6-8-42-9-7-20/h4-5,10-13,20,22,33H,6-9,14-17H2,1-3H3,(H2,34,35,36,39). The first-order valence-corrected chi connectivity index (χ1v) is 16.0. The second-order valence-corrected chi connectivity index (χ2v) is 14.3. The molecule has 2 saturated heterocycles. The number of hydrogen-bond donors (Lipinski definition) is 3. The molecule has 3 aliphatic heterocycles. The lowest BCUT2D eigenvalue weighted by molar-refractivity contribution is 0.0388. The highest BCUT2D eigenvalue weighted by molar-refractivity contribution is 7.89. The minimum Gasteiger partial charge on any atom is -0.488 e. The van der Waals surface area contributed by atoms with Crippen LogP contribution in [-0.2, 0) is 26.7 Å². The smallest absolute Gasteiger partial charge is 0.258 e. The molecular weight excluding hydrogens is 594 g/mol. The molecule has 4 heterocycles. The molecule has 0 unspecified atom stereocenters. The molecule has 0 atom stereocenters. The third-order valence-electron chi connectivity index (χ3n) is 8.31. The van der Waals surface area contributed by atoms with Crippen molar-refractivity contribution in [1.82, 2.24) is 19.4 Å². The number of likely N-dealkylation sites (N-methyl/N-ethyl adjacent to an activating group) is 1. The van der Waals surface area contributed by atoms with Crippen LogP contribution in [0.1, 0.15) is 48.3 Å². The summed E-state index contributed by atoms with van der Waals surface area (Å²) in [4.78, 5) is 15.4. The molecule has 3 aromatic rings. The Hall–Kier alpha value is -3.59. The van der Waals surface area contributed by atoms with Gasteiger partial charge >= 0.3 is 0 Å². The number of anilines is 2. The van der Waals surface area contributed by atoms with Crippen LogP contribution < -0.4 is 15.4 Å². The van der Waals surface area contributed by atoms with Gasteiger partial charge in [-0.2, -0.15) is 9.40 Å². The summed E-state index contributed by atoms with van der Waals surface area (Å²) in [7, 11) is -2.25. The van der Waals surface area contributed by atoms with Gasteiger partial charge in [-0.1, -0.05) is 13.8 Å². The van der Waals surface area contributed by atoms with E-state index in [1.807, 2.05) is 27.0 Å². The van der Waals surface area contributed by atoms with Crippen LogP contribution in [0.3, 0.4) is 0 Å². The number of aromatic nitrogens is 2. The lowest BCUT2D eigenvalue weighted by Gasteiger charge is -2.37. The predicted molar refractivity (Wildman–Crippen MR) is 159 cm³/mol. The van der Waals surface area contributed by atoms with Crippen LogP contribution in [0.4, 0.5) is 20.3 Å². The van der Waals surface area contributed by atoms with Crippen LogP contribution in [-0.4, -0.2) is 85.8 Å². The monoisotopic (exact) mass is 630 g/mol. The highest BCUT2D eigenvalue weighted by Crippen LogP contribution is 2.38. The number of H-pyrrole nitrogens is 1. The van der Waals surface area contributed by atoms with Crippen molar-refractivity contribution < 1.29 is 31.5 Å². The highest BCUT2D eigenvalue weighted by atomic mass is 32.2. The van der Waals surface area contributed by atoms with Gasteiger partial charge in [0.05, 0.1) is 16.1 Å². The molecule has 11 nitrogen and oxygen atoms in total. The minimum absolute atomic E-state index is 0.0352. The van der Waals surface area contributed by atoms with Gasteiger partial charge in [-0.3, -0.25) is 14.8 Å². The van der Waals surface area contributed by atoms with Crippen molar-refractivity contribution in [3.63, 3.8) is 0 Å². The van der Waals surface area contributed by atoms with Gasteiger partial charge < -0.3 is 20.1 Å². The lowest BCUT2D eigenvalue weighted by atomic mass is 9.84. The largest absolute Gasteiger partial charge is 0.488 e. The van der Waals surface area contributed by atoms with Crippen LogP contribution >= 0.6 is 0 Å². The molecule has 1 amide bonds.